The van der Waals surface area contributed by atoms with Crippen molar-refractivity contribution in [3.05, 3.63) is 34.6 Å². The van der Waals surface area contributed by atoms with Crippen LogP contribution < -0.4 is 5.32 Å². The van der Waals surface area contributed by atoms with Crippen LogP contribution in [0.15, 0.2) is 18.2 Å². The van der Waals surface area contributed by atoms with E-state index in [0.717, 1.165) is 0 Å². The van der Waals surface area contributed by atoms with Crippen molar-refractivity contribution < 1.29 is 9.50 Å². The highest BCUT2D eigenvalue weighted by molar-refractivity contribution is 6.30. The molecule has 0 aliphatic carbocycles. The van der Waals surface area contributed by atoms with Gasteiger partial charge in [0.2, 0.25) is 0 Å². The van der Waals surface area contributed by atoms with E-state index in [2.05, 4.69) is 5.32 Å². The van der Waals surface area contributed by atoms with Gasteiger partial charge in [-0.05, 0) is 12.5 Å². The Kier molecular flexibility index (Phi) is 5.02. The molecule has 0 radical (unpaired) electrons. The Morgan fingerprint density at radius 2 is 2.27 bits per heavy atom. The van der Waals surface area contributed by atoms with Crippen LogP contribution in [0.5, 0.6) is 0 Å². The van der Waals surface area contributed by atoms with E-state index in [1.165, 1.54) is 6.07 Å². The maximum atomic E-state index is 13.4. The lowest BCUT2D eigenvalue weighted by atomic mass is 10.2. The summed E-state index contributed by atoms with van der Waals surface area (Å²) < 4.78 is 13.4. The van der Waals surface area contributed by atoms with Gasteiger partial charge in [-0.1, -0.05) is 30.7 Å². The first kappa shape index (κ1) is 12.4. The van der Waals surface area contributed by atoms with Gasteiger partial charge in [-0.3, -0.25) is 0 Å². The molecule has 4 heteroatoms. The number of aliphatic hydroxyl groups is 1. The van der Waals surface area contributed by atoms with Crippen molar-refractivity contribution in [1.29, 1.82) is 0 Å². The van der Waals surface area contributed by atoms with Crippen molar-refractivity contribution in [2.75, 3.05) is 6.54 Å². The molecule has 0 saturated heterocycles. The summed E-state index contributed by atoms with van der Waals surface area (Å²) in [4.78, 5) is 0. The van der Waals surface area contributed by atoms with Gasteiger partial charge in [0.1, 0.15) is 5.82 Å². The Morgan fingerprint density at radius 1 is 1.53 bits per heavy atom. The molecule has 1 unspecified atom stereocenters. The van der Waals surface area contributed by atoms with Crippen LogP contribution in [0.25, 0.3) is 0 Å². The summed E-state index contributed by atoms with van der Waals surface area (Å²) in [6.45, 7) is 2.73. The molecule has 1 aromatic rings. The molecule has 0 aliphatic heterocycles. The minimum atomic E-state index is -0.391. The molecule has 15 heavy (non-hydrogen) atoms. The normalized spacial score (nSPS) is 12.8. The number of hydrogen-bond donors (Lipinski definition) is 2. The second-order valence-electron chi connectivity index (χ2n) is 3.41. The number of hydrogen-bond acceptors (Lipinski definition) is 2. The Balaban J connectivity index is 2.47. The molecule has 0 amide bonds. The topological polar surface area (TPSA) is 32.3 Å². The van der Waals surface area contributed by atoms with Crippen LogP contribution in [0.1, 0.15) is 18.9 Å². The fourth-order valence-corrected chi connectivity index (χ4v) is 1.40. The van der Waals surface area contributed by atoms with Gasteiger partial charge in [-0.25, -0.2) is 4.39 Å². The third-order valence-electron chi connectivity index (χ3n) is 2.20. The zero-order valence-electron chi connectivity index (χ0n) is 8.63. The Bertz CT molecular complexity index is 319. The van der Waals surface area contributed by atoms with Gasteiger partial charge in [-0.2, -0.15) is 0 Å². The van der Waals surface area contributed by atoms with Gasteiger partial charge in [0, 0.05) is 18.7 Å². The molecule has 2 nitrogen and oxygen atoms in total. The quantitative estimate of drug-likeness (QED) is 0.815. The molecule has 1 atom stereocenters. The number of nitrogens with one attached hydrogen (secondary N) is 1. The molecule has 0 fully saturated rings. The van der Waals surface area contributed by atoms with Crippen LogP contribution in [0.2, 0.25) is 5.02 Å². The fraction of sp³-hybridized carbons (Fsp3) is 0.455. The molecule has 2 N–H and O–H groups in total. The average Bonchev–Trinajstić information content (AvgIpc) is 2.24. The summed E-state index contributed by atoms with van der Waals surface area (Å²) in [5.74, 6) is -0.391. The van der Waals surface area contributed by atoms with Crippen LogP contribution >= 0.6 is 11.6 Å². The van der Waals surface area contributed by atoms with Crippen LogP contribution in [0.4, 0.5) is 4.39 Å². The van der Waals surface area contributed by atoms with E-state index in [1.54, 1.807) is 12.1 Å². The first-order valence-electron chi connectivity index (χ1n) is 4.96. The van der Waals surface area contributed by atoms with Gasteiger partial charge in [0.05, 0.1) is 11.1 Å². The van der Waals surface area contributed by atoms with E-state index in [0.29, 0.717) is 25.1 Å². The lowest BCUT2D eigenvalue weighted by Gasteiger charge is -2.10. The fourth-order valence-electron chi connectivity index (χ4n) is 1.20. The summed E-state index contributed by atoms with van der Waals surface area (Å²) in [6.07, 6.45) is 0.303. The molecule has 0 aromatic heterocycles. The molecule has 1 aromatic carbocycles. The highest BCUT2D eigenvalue weighted by Gasteiger charge is 2.06. The third-order valence-corrected chi connectivity index (χ3v) is 2.49. The van der Waals surface area contributed by atoms with Crippen molar-refractivity contribution >= 4 is 11.6 Å². The smallest absolute Gasteiger partial charge is 0.146 e. The average molecular weight is 232 g/mol. The molecular formula is C11H15ClFNO. The number of benzene rings is 1. The van der Waals surface area contributed by atoms with Crippen molar-refractivity contribution in [2.24, 2.45) is 0 Å². The lowest BCUT2D eigenvalue weighted by molar-refractivity contribution is 0.167. The molecule has 84 valence electrons. The summed E-state index contributed by atoms with van der Waals surface area (Å²) in [5.41, 5.74) is 0.519. The van der Waals surface area contributed by atoms with Gasteiger partial charge in [-0.15, -0.1) is 0 Å². The summed E-state index contributed by atoms with van der Waals surface area (Å²) >= 11 is 5.63. The zero-order chi connectivity index (χ0) is 11.3. The van der Waals surface area contributed by atoms with E-state index in [1.807, 2.05) is 6.92 Å². The van der Waals surface area contributed by atoms with Crippen molar-refractivity contribution in [3.63, 3.8) is 0 Å². The molecule has 0 heterocycles. The molecular weight excluding hydrogens is 217 g/mol. The maximum Gasteiger partial charge on any atom is 0.146 e. The number of halogens is 2. The molecule has 1 rings (SSSR count). The van der Waals surface area contributed by atoms with E-state index >= 15 is 0 Å². The highest BCUT2D eigenvalue weighted by Crippen LogP contribution is 2.17. The van der Waals surface area contributed by atoms with Crippen LogP contribution in [0.3, 0.4) is 0 Å². The van der Waals surface area contributed by atoms with E-state index in [9.17, 15) is 9.50 Å². The van der Waals surface area contributed by atoms with E-state index in [-0.39, 0.29) is 11.1 Å². The molecule has 0 bridgehead atoms. The monoisotopic (exact) mass is 231 g/mol. The molecule has 0 aliphatic rings. The van der Waals surface area contributed by atoms with Crippen molar-refractivity contribution in [1.82, 2.24) is 5.32 Å². The van der Waals surface area contributed by atoms with Gasteiger partial charge in [0.15, 0.2) is 0 Å². The van der Waals surface area contributed by atoms with Gasteiger partial charge in [0.25, 0.3) is 0 Å². The predicted octanol–water partition coefficient (Wildman–Crippen LogP) is 2.34. The van der Waals surface area contributed by atoms with E-state index < -0.39 is 5.82 Å². The van der Waals surface area contributed by atoms with Crippen LogP contribution in [-0.4, -0.2) is 17.8 Å². The third kappa shape index (κ3) is 3.78. The minimum absolute atomic E-state index is 0.130. The van der Waals surface area contributed by atoms with Crippen molar-refractivity contribution in [3.8, 4) is 0 Å². The van der Waals surface area contributed by atoms with E-state index in [4.69, 9.17) is 11.6 Å². The van der Waals surface area contributed by atoms with Crippen LogP contribution in [0, 0.1) is 5.82 Å². The Labute approximate surface area is 94.1 Å². The Morgan fingerprint density at radius 3 is 2.93 bits per heavy atom. The molecule has 0 saturated carbocycles. The Hall–Kier alpha value is -0.640. The largest absolute Gasteiger partial charge is 0.392 e. The van der Waals surface area contributed by atoms with Crippen molar-refractivity contribution in [2.45, 2.75) is 26.0 Å². The summed E-state index contributed by atoms with van der Waals surface area (Å²) in [6, 6.07) is 4.90. The summed E-state index contributed by atoms with van der Waals surface area (Å²) in [7, 11) is 0. The first-order chi connectivity index (χ1) is 7.15. The second-order valence-corrected chi connectivity index (χ2v) is 3.81. The van der Waals surface area contributed by atoms with Crippen LogP contribution in [-0.2, 0) is 6.54 Å². The second kappa shape index (κ2) is 6.05. The summed E-state index contributed by atoms with van der Waals surface area (Å²) in [5, 5.41) is 12.4. The SMILES string of the molecule is CCC(O)CNCc1cccc(Cl)c1F. The lowest BCUT2D eigenvalue weighted by Crippen LogP contribution is -2.26. The predicted molar refractivity (Wildman–Crippen MR) is 59.4 cm³/mol. The number of aliphatic hydroxyl groups excluding tert-OH is 1. The first-order valence-corrected chi connectivity index (χ1v) is 5.34. The zero-order valence-corrected chi connectivity index (χ0v) is 9.39. The highest BCUT2D eigenvalue weighted by atomic mass is 35.5. The maximum absolute atomic E-state index is 13.4. The van der Waals surface area contributed by atoms with Gasteiger partial charge < -0.3 is 10.4 Å². The molecule has 0 spiro atoms. The minimum Gasteiger partial charge on any atom is -0.392 e. The standard InChI is InChI=1S/C11H15ClFNO/c1-2-9(15)7-14-6-8-4-3-5-10(12)11(8)13/h3-5,9,14-15H,2,6-7H2,1H3. The number of rotatable bonds is 5. The van der Waals surface area contributed by atoms with Gasteiger partial charge >= 0.3 is 0 Å².